The Morgan fingerprint density at radius 2 is 2.28 bits per heavy atom. The first-order valence-electron chi connectivity index (χ1n) is 5.34. The van der Waals surface area contributed by atoms with E-state index in [-0.39, 0.29) is 11.4 Å². The molecule has 0 atom stereocenters. The fourth-order valence-corrected chi connectivity index (χ4v) is 2.95. The monoisotopic (exact) mass is 261 g/mol. The van der Waals surface area contributed by atoms with Crippen LogP contribution in [0.4, 0.5) is 4.39 Å². The van der Waals surface area contributed by atoms with Crippen LogP contribution < -0.4 is 0 Å². The number of hydrogen-bond donors (Lipinski definition) is 1. The largest absolute Gasteiger partial charge is 0.478 e. The molecule has 3 rings (SSSR count). The maximum atomic E-state index is 13.1. The molecule has 0 spiro atoms. The van der Waals surface area contributed by atoms with Crippen molar-refractivity contribution in [1.82, 2.24) is 4.98 Å². The number of hydrogen-bond acceptors (Lipinski definition) is 3. The highest BCUT2D eigenvalue weighted by atomic mass is 32.1. The number of carboxylic acid groups (broad SMARTS) is 1. The molecule has 3 nitrogen and oxygen atoms in total. The number of allylic oxidation sites excluding steroid dienone is 2. The fraction of sp³-hybridized carbons (Fsp3) is 0.0769. The summed E-state index contributed by atoms with van der Waals surface area (Å²) in [6.07, 6.45) is 3.94. The number of nitrogens with zero attached hydrogens (tertiary/aromatic N) is 1. The van der Waals surface area contributed by atoms with E-state index in [9.17, 15) is 9.18 Å². The second-order valence-electron chi connectivity index (χ2n) is 3.93. The van der Waals surface area contributed by atoms with Crippen molar-refractivity contribution in [2.24, 2.45) is 0 Å². The van der Waals surface area contributed by atoms with Gasteiger partial charge in [-0.05, 0) is 18.6 Å². The van der Waals surface area contributed by atoms with Gasteiger partial charge in [0.1, 0.15) is 10.8 Å². The van der Waals surface area contributed by atoms with Crippen LogP contribution in [0.5, 0.6) is 0 Å². The fourth-order valence-electron chi connectivity index (χ4n) is 1.94. The molecule has 5 heteroatoms. The average Bonchev–Trinajstić information content (AvgIpc) is 2.93. The molecule has 0 amide bonds. The SMILES string of the molecule is O=C(O)C1=C(c2nc3cc(F)ccc3s2)CC=C1. The molecule has 0 fully saturated rings. The van der Waals surface area contributed by atoms with Crippen LogP contribution >= 0.6 is 11.3 Å². The van der Waals surface area contributed by atoms with Gasteiger partial charge in [-0.25, -0.2) is 14.2 Å². The number of rotatable bonds is 2. The number of aliphatic carboxylic acids is 1. The predicted octanol–water partition coefficient (Wildman–Crippen LogP) is 3.23. The first-order valence-corrected chi connectivity index (χ1v) is 6.16. The minimum Gasteiger partial charge on any atom is -0.478 e. The van der Waals surface area contributed by atoms with Crippen molar-refractivity contribution in [1.29, 1.82) is 0 Å². The van der Waals surface area contributed by atoms with Gasteiger partial charge in [0, 0.05) is 11.6 Å². The quantitative estimate of drug-likeness (QED) is 0.902. The van der Waals surface area contributed by atoms with Crippen LogP contribution in [-0.4, -0.2) is 16.1 Å². The van der Waals surface area contributed by atoms with E-state index in [0.29, 0.717) is 22.5 Å². The van der Waals surface area contributed by atoms with Crippen molar-refractivity contribution < 1.29 is 14.3 Å². The Bertz CT molecular complexity index is 715. The number of halogens is 1. The number of carbonyl (C=O) groups is 1. The molecule has 1 heterocycles. The Morgan fingerprint density at radius 3 is 3.06 bits per heavy atom. The van der Waals surface area contributed by atoms with Crippen LogP contribution in [0, 0.1) is 5.82 Å². The Morgan fingerprint density at radius 1 is 1.44 bits per heavy atom. The minimum atomic E-state index is -0.954. The standard InChI is InChI=1S/C13H8FNO2S/c14-7-4-5-11-10(6-7)15-12(18-11)8-2-1-3-9(8)13(16)17/h1,3-6H,2H2,(H,16,17). The summed E-state index contributed by atoms with van der Waals surface area (Å²) in [5.41, 5.74) is 1.54. The third-order valence-electron chi connectivity index (χ3n) is 2.77. The van der Waals surface area contributed by atoms with Crippen molar-refractivity contribution in [2.75, 3.05) is 0 Å². The highest BCUT2D eigenvalue weighted by Gasteiger charge is 2.19. The molecule has 0 unspecified atom stereocenters. The third kappa shape index (κ3) is 1.73. The molecule has 1 N–H and O–H groups in total. The summed E-state index contributed by atoms with van der Waals surface area (Å²) in [5, 5.41) is 9.72. The van der Waals surface area contributed by atoms with E-state index in [1.807, 2.05) is 0 Å². The molecule has 0 aliphatic heterocycles. The van der Waals surface area contributed by atoms with Gasteiger partial charge in [-0.1, -0.05) is 12.2 Å². The van der Waals surface area contributed by atoms with Crippen LogP contribution in [0.3, 0.4) is 0 Å². The highest BCUT2D eigenvalue weighted by Crippen LogP contribution is 2.34. The van der Waals surface area contributed by atoms with Gasteiger partial charge in [0.15, 0.2) is 0 Å². The van der Waals surface area contributed by atoms with Gasteiger partial charge in [-0.15, -0.1) is 11.3 Å². The Hall–Kier alpha value is -2.01. The molecule has 90 valence electrons. The predicted molar refractivity (Wildman–Crippen MR) is 67.9 cm³/mol. The zero-order valence-corrected chi connectivity index (χ0v) is 10.00. The molecule has 1 aromatic heterocycles. The highest BCUT2D eigenvalue weighted by molar-refractivity contribution is 7.19. The van der Waals surface area contributed by atoms with Crippen LogP contribution in [-0.2, 0) is 4.79 Å². The Labute approximate surface area is 106 Å². The minimum absolute atomic E-state index is 0.273. The van der Waals surface area contributed by atoms with Gasteiger partial charge in [0.2, 0.25) is 0 Å². The maximum Gasteiger partial charge on any atom is 0.336 e. The lowest BCUT2D eigenvalue weighted by atomic mass is 10.1. The van der Waals surface area contributed by atoms with E-state index in [4.69, 9.17) is 5.11 Å². The van der Waals surface area contributed by atoms with Gasteiger partial charge >= 0.3 is 5.97 Å². The molecule has 0 radical (unpaired) electrons. The van der Waals surface area contributed by atoms with Crippen molar-refractivity contribution >= 4 is 33.1 Å². The molecule has 0 bridgehead atoms. The Kier molecular flexibility index (Phi) is 2.48. The summed E-state index contributed by atoms with van der Waals surface area (Å²) >= 11 is 1.39. The summed E-state index contributed by atoms with van der Waals surface area (Å²) in [6, 6.07) is 4.40. The van der Waals surface area contributed by atoms with Crippen molar-refractivity contribution in [2.45, 2.75) is 6.42 Å². The molecule has 18 heavy (non-hydrogen) atoms. The van der Waals surface area contributed by atoms with Crippen LogP contribution in [0.25, 0.3) is 15.8 Å². The number of thiazole rings is 1. The summed E-state index contributed by atoms with van der Waals surface area (Å²) in [5.74, 6) is -1.29. The second-order valence-corrected chi connectivity index (χ2v) is 4.97. The van der Waals surface area contributed by atoms with E-state index in [2.05, 4.69) is 4.98 Å². The zero-order chi connectivity index (χ0) is 12.7. The lowest BCUT2D eigenvalue weighted by Crippen LogP contribution is -1.98. The smallest absolute Gasteiger partial charge is 0.336 e. The van der Waals surface area contributed by atoms with Crippen molar-refractivity contribution in [3.05, 3.63) is 46.7 Å². The molecular formula is C13H8FNO2S. The van der Waals surface area contributed by atoms with Crippen molar-refractivity contribution in [3.8, 4) is 0 Å². The molecule has 1 aliphatic rings. The third-order valence-corrected chi connectivity index (χ3v) is 3.87. The maximum absolute atomic E-state index is 13.1. The topological polar surface area (TPSA) is 50.2 Å². The molecular weight excluding hydrogens is 253 g/mol. The summed E-state index contributed by atoms with van der Waals surface area (Å²) in [6.45, 7) is 0. The normalized spacial score (nSPS) is 14.7. The lowest BCUT2D eigenvalue weighted by molar-refractivity contribution is -0.132. The first kappa shape index (κ1) is 11.1. The second kappa shape index (κ2) is 4.03. The molecule has 1 aromatic carbocycles. The Balaban J connectivity index is 2.16. The van der Waals surface area contributed by atoms with E-state index in [0.717, 1.165) is 4.70 Å². The van der Waals surface area contributed by atoms with Gasteiger partial charge in [-0.2, -0.15) is 0 Å². The molecule has 0 saturated heterocycles. The van der Waals surface area contributed by atoms with Crippen LogP contribution in [0.2, 0.25) is 0 Å². The summed E-state index contributed by atoms with van der Waals surface area (Å²) in [7, 11) is 0. The van der Waals surface area contributed by atoms with E-state index in [1.165, 1.54) is 23.5 Å². The van der Waals surface area contributed by atoms with Gasteiger partial charge in [-0.3, -0.25) is 0 Å². The van der Waals surface area contributed by atoms with Gasteiger partial charge in [0.05, 0.1) is 15.8 Å². The molecule has 0 saturated carbocycles. The molecule has 1 aliphatic carbocycles. The number of aromatic nitrogens is 1. The van der Waals surface area contributed by atoms with Gasteiger partial charge in [0.25, 0.3) is 0 Å². The van der Waals surface area contributed by atoms with E-state index < -0.39 is 5.97 Å². The zero-order valence-electron chi connectivity index (χ0n) is 9.18. The molecule has 2 aromatic rings. The van der Waals surface area contributed by atoms with Gasteiger partial charge < -0.3 is 5.11 Å². The average molecular weight is 261 g/mol. The number of carboxylic acids is 1. The number of fused-ring (bicyclic) bond motifs is 1. The van der Waals surface area contributed by atoms with Crippen LogP contribution in [0.15, 0.2) is 35.9 Å². The lowest BCUT2D eigenvalue weighted by Gasteiger charge is -1.98. The van der Waals surface area contributed by atoms with Crippen LogP contribution in [0.1, 0.15) is 11.4 Å². The number of benzene rings is 1. The van der Waals surface area contributed by atoms with E-state index in [1.54, 1.807) is 18.2 Å². The van der Waals surface area contributed by atoms with E-state index >= 15 is 0 Å². The first-order chi connectivity index (χ1) is 8.65. The summed E-state index contributed by atoms with van der Waals surface area (Å²) in [4.78, 5) is 15.4. The van der Waals surface area contributed by atoms with Crippen molar-refractivity contribution in [3.63, 3.8) is 0 Å². The summed E-state index contributed by atoms with van der Waals surface area (Å²) < 4.78 is 13.9.